The van der Waals surface area contributed by atoms with E-state index in [2.05, 4.69) is 31.2 Å². The third-order valence-electron chi connectivity index (χ3n) is 14.5. The number of ether oxygens (including phenoxy) is 2. The summed E-state index contributed by atoms with van der Waals surface area (Å²) in [5.74, 6) is 5.07. The molecule has 0 N–H and O–H groups in total. The summed E-state index contributed by atoms with van der Waals surface area (Å²) < 4.78 is 12.2. The van der Waals surface area contributed by atoms with Gasteiger partial charge in [-0.3, -0.25) is 20.2 Å². The second-order valence-corrected chi connectivity index (χ2v) is 19.0. The fourth-order valence-corrected chi connectivity index (χ4v) is 10.5. The molecule has 0 heterocycles. The normalized spacial score (nSPS) is 17.6. The van der Waals surface area contributed by atoms with Crippen molar-refractivity contribution in [2.45, 2.75) is 179 Å². The third-order valence-corrected chi connectivity index (χ3v) is 14.5. The largest absolute Gasteiger partial charge is 0.457 e. The van der Waals surface area contributed by atoms with Crippen LogP contribution >= 0.6 is 0 Å². The van der Waals surface area contributed by atoms with Crippen LogP contribution in [-0.2, 0) is 5.41 Å². The van der Waals surface area contributed by atoms with Crippen molar-refractivity contribution in [1.82, 2.24) is 0 Å². The van der Waals surface area contributed by atoms with Crippen LogP contribution in [0.25, 0.3) is 0 Å². The van der Waals surface area contributed by atoms with Gasteiger partial charge in [0.1, 0.15) is 23.0 Å². The third kappa shape index (κ3) is 15.2. The molecule has 8 nitrogen and oxygen atoms in total. The van der Waals surface area contributed by atoms with Gasteiger partial charge in [-0.05, 0) is 103 Å². The van der Waals surface area contributed by atoms with E-state index in [0.717, 1.165) is 30.6 Å². The zero-order chi connectivity index (χ0) is 44.1. The lowest BCUT2D eigenvalue weighted by molar-refractivity contribution is -0.385. The van der Waals surface area contributed by atoms with Crippen LogP contribution in [0.1, 0.15) is 185 Å². The summed E-state index contributed by atoms with van der Waals surface area (Å²) in [5, 5.41) is 22.2. The van der Waals surface area contributed by atoms with Gasteiger partial charge >= 0.3 is 0 Å². The number of benzene rings is 4. The molecular formula is C55H74N2O6. The minimum atomic E-state index is -0.408. The molecule has 0 amide bonds. The molecule has 2 fully saturated rings. The lowest BCUT2D eigenvalue weighted by atomic mass is 9.62. The van der Waals surface area contributed by atoms with Gasteiger partial charge in [-0.25, -0.2) is 0 Å². The van der Waals surface area contributed by atoms with E-state index in [1.807, 2.05) is 24.3 Å². The number of hydrogen-bond donors (Lipinski definition) is 0. The molecule has 2 aliphatic rings. The summed E-state index contributed by atoms with van der Waals surface area (Å²) in [6.07, 6.45) is 35.9. The van der Waals surface area contributed by atoms with E-state index < -0.39 is 9.85 Å². The fraction of sp³-hybridized carbons (Fsp3) is 0.564. The first kappa shape index (κ1) is 47.8. The number of nitrogens with zero attached hydrogens (tertiary/aromatic N) is 2. The van der Waals surface area contributed by atoms with E-state index in [9.17, 15) is 20.2 Å². The molecule has 4 aromatic carbocycles. The first-order chi connectivity index (χ1) is 30.8. The first-order valence-electron chi connectivity index (χ1n) is 24.9. The Bertz CT molecular complexity index is 1810. The Hall–Kier alpha value is -4.72. The number of nitro benzene ring substituents is 2. The molecule has 63 heavy (non-hydrogen) atoms. The molecule has 340 valence electrons. The van der Waals surface area contributed by atoms with Crippen LogP contribution in [0.15, 0.2) is 97.1 Å². The first-order valence-corrected chi connectivity index (χ1v) is 24.9. The van der Waals surface area contributed by atoms with Crippen molar-refractivity contribution in [3.05, 3.63) is 128 Å². The molecule has 0 aliphatic heterocycles. The predicted molar refractivity (Wildman–Crippen MR) is 256 cm³/mol. The Balaban J connectivity index is 0.938. The topological polar surface area (TPSA) is 105 Å². The van der Waals surface area contributed by atoms with Gasteiger partial charge in [-0.1, -0.05) is 172 Å². The van der Waals surface area contributed by atoms with Crippen LogP contribution < -0.4 is 9.47 Å². The molecular weight excluding hydrogens is 785 g/mol. The zero-order valence-electron chi connectivity index (χ0n) is 38.2. The maximum atomic E-state index is 11.1. The van der Waals surface area contributed by atoms with Crippen molar-refractivity contribution in [1.29, 1.82) is 0 Å². The number of unbranched alkanes of at least 4 members (excludes halogenated alkanes) is 14. The Morgan fingerprint density at radius 2 is 0.730 bits per heavy atom. The smallest absolute Gasteiger partial charge is 0.269 e. The zero-order valence-corrected chi connectivity index (χ0v) is 38.2. The van der Waals surface area contributed by atoms with Gasteiger partial charge in [0.25, 0.3) is 11.4 Å². The Kier molecular flexibility index (Phi) is 19.4. The van der Waals surface area contributed by atoms with Crippen molar-refractivity contribution in [2.24, 2.45) is 17.8 Å². The number of rotatable bonds is 27. The summed E-state index contributed by atoms with van der Waals surface area (Å²) in [6.45, 7) is 2.30. The predicted octanol–water partition coefficient (Wildman–Crippen LogP) is 17.4. The van der Waals surface area contributed by atoms with Crippen LogP contribution in [-0.4, -0.2) is 9.85 Å². The van der Waals surface area contributed by atoms with Crippen molar-refractivity contribution in [3.8, 4) is 23.0 Å². The maximum absolute atomic E-state index is 11.1. The summed E-state index contributed by atoms with van der Waals surface area (Å²) in [6, 6.07) is 29.1. The van der Waals surface area contributed by atoms with E-state index in [1.54, 1.807) is 24.3 Å². The van der Waals surface area contributed by atoms with Crippen LogP contribution in [0.3, 0.4) is 0 Å². The van der Waals surface area contributed by atoms with Gasteiger partial charge in [-0.2, -0.15) is 0 Å². The van der Waals surface area contributed by atoms with E-state index in [-0.39, 0.29) is 16.8 Å². The van der Waals surface area contributed by atoms with Crippen LogP contribution in [0.2, 0.25) is 0 Å². The minimum absolute atomic E-state index is 0.0347. The Labute approximate surface area is 377 Å². The minimum Gasteiger partial charge on any atom is -0.457 e. The molecule has 0 radical (unpaired) electrons. The number of hydrogen-bond acceptors (Lipinski definition) is 6. The van der Waals surface area contributed by atoms with Crippen molar-refractivity contribution in [3.63, 3.8) is 0 Å². The summed E-state index contributed by atoms with van der Waals surface area (Å²) in [4.78, 5) is 21.4. The highest BCUT2D eigenvalue weighted by molar-refractivity contribution is 5.46. The molecule has 0 saturated heterocycles. The Morgan fingerprint density at radius 1 is 0.429 bits per heavy atom. The van der Waals surface area contributed by atoms with Gasteiger partial charge < -0.3 is 9.47 Å². The van der Waals surface area contributed by atoms with Crippen LogP contribution in [0.4, 0.5) is 11.4 Å². The average Bonchev–Trinajstić information content (AvgIpc) is 3.31. The highest BCUT2D eigenvalue weighted by Crippen LogP contribution is 2.49. The summed E-state index contributed by atoms with van der Waals surface area (Å²) in [7, 11) is 0. The Morgan fingerprint density at radius 3 is 1.08 bits per heavy atom. The van der Waals surface area contributed by atoms with Gasteiger partial charge in [0.2, 0.25) is 0 Å². The highest BCUT2D eigenvalue weighted by Gasteiger charge is 2.38. The van der Waals surface area contributed by atoms with Gasteiger partial charge in [0, 0.05) is 29.7 Å². The molecule has 0 spiro atoms. The van der Waals surface area contributed by atoms with Gasteiger partial charge in [-0.15, -0.1) is 0 Å². The standard InChI is InChI=1S/C55H74N2O6/c1-2-3-4-5-6-7-8-9-10-11-12-13-14-15-16-17-44-18-20-45(21-19-44)22-23-46-40-42-55(43-41-46,47-24-32-51(33-25-47)62-53-36-28-49(29-37-53)56(58)59)48-26-34-52(35-27-48)63-54-38-30-50(31-39-54)57(60)61/h24-39,44-46H,2-23,40-43H2,1H3. The molecule has 0 aromatic heterocycles. The number of nitro groups is 2. The van der Waals surface area contributed by atoms with E-state index in [0.29, 0.717) is 23.0 Å². The highest BCUT2D eigenvalue weighted by atomic mass is 16.6. The second-order valence-electron chi connectivity index (χ2n) is 19.0. The fourth-order valence-electron chi connectivity index (χ4n) is 10.5. The lowest BCUT2D eigenvalue weighted by Crippen LogP contribution is -2.33. The molecule has 2 aliphatic carbocycles. The van der Waals surface area contributed by atoms with E-state index in [4.69, 9.17) is 9.47 Å². The summed E-state index contributed by atoms with van der Waals surface area (Å²) >= 11 is 0. The molecule has 0 unspecified atom stereocenters. The van der Waals surface area contributed by atoms with Gasteiger partial charge in [0.15, 0.2) is 0 Å². The van der Waals surface area contributed by atoms with Crippen molar-refractivity contribution in [2.75, 3.05) is 0 Å². The lowest BCUT2D eigenvalue weighted by Gasteiger charge is -2.42. The summed E-state index contributed by atoms with van der Waals surface area (Å²) in [5.41, 5.74) is 2.43. The van der Waals surface area contributed by atoms with E-state index in [1.165, 1.54) is 189 Å². The van der Waals surface area contributed by atoms with Gasteiger partial charge in [0.05, 0.1) is 9.85 Å². The maximum Gasteiger partial charge on any atom is 0.269 e. The molecule has 8 heteroatoms. The monoisotopic (exact) mass is 859 g/mol. The van der Waals surface area contributed by atoms with Crippen molar-refractivity contribution >= 4 is 11.4 Å². The molecule has 0 bridgehead atoms. The molecule has 0 atom stereocenters. The number of non-ortho nitro benzene ring substituents is 2. The van der Waals surface area contributed by atoms with E-state index >= 15 is 0 Å². The quantitative estimate of drug-likeness (QED) is 0.0336. The van der Waals surface area contributed by atoms with Crippen LogP contribution in [0.5, 0.6) is 23.0 Å². The van der Waals surface area contributed by atoms with Crippen molar-refractivity contribution < 1.29 is 19.3 Å². The molecule has 2 saturated carbocycles. The average molecular weight is 859 g/mol. The SMILES string of the molecule is CCCCCCCCCCCCCCCCCC1CCC(CCC2CCC(c3ccc(Oc4ccc([N+](=O)[O-])cc4)cc3)(c3ccc(Oc4ccc([N+](=O)[O-])cc4)cc3)CC2)CC1. The molecule has 6 rings (SSSR count). The second kappa shape index (κ2) is 25.5. The molecule has 4 aromatic rings. The van der Waals surface area contributed by atoms with Crippen LogP contribution in [0, 0.1) is 38.0 Å².